The van der Waals surface area contributed by atoms with E-state index in [1.807, 2.05) is 18.0 Å². The quantitative estimate of drug-likeness (QED) is 0.795. The minimum Gasteiger partial charge on any atom is -0.374 e. The number of hydrogen-bond acceptors (Lipinski definition) is 3. The minimum absolute atomic E-state index is 0.0876. The molecule has 3 heterocycles. The van der Waals surface area contributed by atoms with Crippen molar-refractivity contribution in [1.82, 2.24) is 9.78 Å². The molecule has 3 unspecified atom stereocenters. The van der Waals surface area contributed by atoms with E-state index in [9.17, 15) is 0 Å². The van der Waals surface area contributed by atoms with Crippen LogP contribution in [0.15, 0.2) is 12.4 Å². The predicted molar refractivity (Wildman–Crippen MR) is 80.0 cm³/mol. The number of rotatable bonds is 3. The summed E-state index contributed by atoms with van der Waals surface area (Å²) in [5.41, 5.74) is 1.26. The Balaban J connectivity index is 1.73. The Labute approximate surface area is 124 Å². The number of thioether (sulfide) groups is 1. The molecule has 3 atom stereocenters. The van der Waals surface area contributed by atoms with Crippen LogP contribution in [-0.2, 0) is 4.74 Å². The highest BCUT2D eigenvalue weighted by molar-refractivity contribution is 7.99. The summed E-state index contributed by atoms with van der Waals surface area (Å²) in [6, 6.07) is 0.474. The highest BCUT2D eigenvalue weighted by Crippen LogP contribution is 2.42. The number of aromatic nitrogens is 2. The van der Waals surface area contributed by atoms with Crippen LogP contribution in [0.2, 0.25) is 0 Å². The fourth-order valence-electron chi connectivity index (χ4n) is 3.04. The molecule has 3 rings (SSSR count). The zero-order valence-corrected chi connectivity index (χ0v) is 12.9. The van der Waals surface area contributed by atoms with Crippen LogP contribution in [0, 0.1) is 0 Å². The Hall–Kier alpha value is -0.190. The van der Waals surface area contributed by atoms with E-state index >= 15 is 0 Å². The summed E-state index contributed by atoms with van der Waals surface area (Å²) in [6.45, 7) is 2.96. The average molecular weight is 301 g/mol. The molecule has 2 saturated heterocycles. The maximum absolute atomic E-state index is 6.28. The van der Waals surface area contributed by atoms with Crippen molar-refractivity contribution in [3.8, 4) is 0 Å². The van der Waals surface area contributed by atoms with Gasteiger partial charge in [0.25, 0.3) is 0 Å². The van der Waals surface area contributed by atoms with Crippen molar-refractivity contribution in [2.24, 2.45) is 0 Å². The van der Waals surface area contributed by atoms with Gasteiger partial charge >= 0.3 is 0 Å². The molecule has 0 N–H and O–H groups in total. The van der Waals surface area contributed by atoms with Gasteiger partial charge in [-0.15, -0.1) is 11.6 Å². The van der Waals surface area contributed by atoms with E-state index in [1.165, 1.54) is 12.2 Å². The normalized spacial score (nSPS) is 32.8. The van der Waals surface area contributed by atoms with Gasteiger partial charge < -0.3 is 4.74 Å². The third-order valence-electron chi connectivity index (χ3n) is 4.25. The fourth-order valence-corrected chi connectivity index (χ4v) is 4.53. The molecule has 1 spiro atoms. The molecule has 0 bridgehead atoms. The summed E-state index contributed by atoms with van der Waals surface area (Å²) in [6.07, 6.45) is 8.35. The highest BCUT2D eigenvalue weighted by atomic mass is 35.5. The Kier molecular flexibility index (Phi) is 4.11. The standard InChI is InChI=1S/C14H21ClN2OS/c1-2-13(15)11-8-16-17(9-11)12-3-5-18-14(7-12)4-6-19-10-14/h8-9,12-13H,2-7,10H2,1H3. The smallest absolute Gasteiger partial charge is 0.0800 e. The number of ether oxygens (including phenoxy) is 1. The van der Waals surface area contributed by atoms with Gasteiger partial charge in [-0.3, -0.25) is 4.68 Å². The molecule has 0 aromatic carbocycles. The van der Waals surface area contributed by atoms with E-state index < -0.39 is 0 Å². The van der Waals surface area contributed by atoms with E-state index in [2.05, 4.69) is 22.9 Å². The first kappa shape index (κ1) is 13.8. The maximum atomic E-state index is 6.28. The third-order valence-corrected chi connectivity index (χ3v) is 6.03. The first-order valence-electron chi connectivity index (χ1n) is 7.12. The number of hydrogen-bond donors (Lipinski definition) is 0. The van der Waals surface area contributed by atoms with Crippen LogP contribution in [0.1, 0.15) is 49.6 Å². The van der Waals surface area contributed by atoms with Gasteiger partial charge in [0.15, 0.2) is 0 Å². The molecule has 5 heteroatoms. The van der Waals surface area contributed by atoms with Crippen molar-refractivity contribution in [2.45, 2.75) is 49.6 Å². The first-order valence-corrected chi connectivity index (χ1v) is 8.71. The van der Waals surface area contributed by atoms with E-state index in [4.69, 9.17) is 16.3 Å². The molecular weight excluding hydrogens is 280 g/mol. The molecular formula is C14H21ClN2OS. The summed E-state index contributed by atoms with van der Waals surface area (Å²) in [5, 5.41) is 4.62. The fraction of sp³-hybridized carbons (Fsp3) is 0.786. The van der Waals surface area contributed by atoms with Crippen LogP contribution < -0.4 is 0 Å². The zero-order chi connectivity index (χ0) is 13.3. The highest BCUT2D eigenvalue weighted by Gasteiger charge is 2.41. The van der Waals surface area contributed by atoms with Gasteiger partial charge in [0.1, 0.15) is 0 Å². The van der Waals surface area contributed by atoms with E-state index in [1.54, 1.807) is 0 Å². The monoisotopic (exact) mass is 300 g/mol. The molecule has 0 aliphatic carbocycles. The summed E-state index contributed by atoms with van der Waals surface area (Å²) >= 11 is 8.30. The Morgan fingerprint density at radius 1 is 1.68 bits per heavy atom. The molecule has 2 fully saturated rings. The second kappa shape index (κ2) is 5.66. The molecule has 2 aliphatic rings. The van der Waals surface area contributed by atoms with Crippen molar-refractivity contribution in [3.63, 3.8) is 0 Å². The molecule has 19 heavy (non-hydrogen) atoms. The SMILES string of the molecule is CCC(Cl)c1cnn(C2CCOC3(CCSC3)C2)c1. The van der Waals surface area contributed by atoms with Crippen molar-refractivity contribution >= 4 is 23.4 Å². The Morgan fingerprint density at radius 2 is 2.58 bits per heavy atom. The van der Waals surface area contributed by atoms with Gasteiger partial charge in [-0.05, 0) is 31.4 Å². The van der Waals surface area contributed by atoms with E-state index in [-0.39, 0.29) is 11.0 Å². The molecule has 106 valence electrons. The van der Waals surface area contributed by atoms with Crippen LogP contribution in [0.4, 0.5) is 0 Å². The summed E-state index contributed by atoms with van der Waals surface area (Å²) in [5.74, 6) is 2.38. The van der Waals surface area contributed by atoms with Gasteiger partial charge in [-0.25, -0.2) is 0 Å². The average Bonchev–Trinajstić information content (AvgIpc) is 3.08. The van der Waals surface area contributed by atoms with Gasteiger partial charge in [0.05, 0.1) is 23.2 Å². The van der Waals surface area contributed by atoms with E-state index in [0.29, 0.717) is 6.04 Å². The van der Waals surface area contributed by atoms with E-state index in [0.717, 1.165) is 37.2 Å². The number of halogens is 1. The minimum atomic E-state index is 0.0876. The number of alkyl halides is 1. The Morgan fingerprint density at radius 3 is 3.32 bits per heavy atom. The van der Waals surface area contributed by atoms with Crippen molar-refractivity contribution in [1.29, 1.82) is 0 Å². The molecule has 0 radical (unpaired) electrons. The zero-order valence-electron chi connectivity index (χ0n) is 11.3. The summed E-state index contributed by atoms with van der Waals surface area (Å²) < 4.78 is 8.18. The Bertz CT molecular complexity index is 431. The second-order valence-corrected chi connectivity index (χ2v) is 7.24. The second-order valence-electron chi connectivity index (χ2n) is 5.61. The molecule has 1 aromatic rings. The lowest BCUT2D eigenvalue weighted by atomic mass is 9.90. The lowest BCUT2D eigenvalue weighted by Gasteiger charge is -2.37. The van der Waals surface area contributed by atoms with Crippen LogP contribution in [0.25, 0.3) is 0 Å². The molecule has 3 nitrogen and oxygen atoms in total. The van der Waals surface area contributed by atoms with Crippen molar-refractivity contribution < 1.29 is 4.74 Å². The molecule has 0 saturated carbocycles. The summed E-state index contributed by atoms with van der Waals surface area (Å²) in [4.78, 5) is 0. The maximum Gasteiger partial charge on any atom is 0.0800 e. The first-order chi connectivity index (χ1) is 9.22. The molecule has 2 aliphatic heterocycles. The van der Waals surface area contributed by atoms with Crippen LogP contribution >= 0.6 is 23.4 Å². The van der Waals surface area contributed by atoms with Gasteiger partial charge in [0.2, 0.25) is 0 Å². The van der Waals surface area contributed by atoms with Crippen LogP contribution in [0.5, 0.6) is 0 Å². The summed E-state index contributed by atoms with van der Waals surface area (Å²) in [7, 11) is 0. The number of nitrogens with zero attached hydrogens (tertiary/aromatic N) is 2. The van der Waals surface area contributed by atoms with Crippen LogP contribution in [-0.4, -0.2) is 33.5 Å². The predicted octanol–water partition coefficient (Wildman–Crippen LogP) is 3.80. The lowest BCUT2D eigenvalue weighted by molar-refractivity contribution is -0.0778. The van der Waals surface area contributed by atoms with Crippen molar-refractivity contribution in [2.75, 3.05) is 18.1 Å². The van der Waals surface area contributed by atoms with Gasteiger partial charge in [-0.2, -0.15) is 16.9 Å². The van der Waals surface area contributed by atoms with Gasteiger partial charge in [0, 0.05) is 24.1 Å². The molecule has 1 aromatic heterocycles. The van der Waals surface area contributed by atoms with Crippen molar-refractivity contribution in [3.05, 3.63) is 18.0 Å². The van der Waals surface area contributed by atoms with Crippen LogP contribution in [0.3, 0.4) is 0 Å². The third kappa shape index (κ3) is 2.81. The molecule has 0 amide bonds. The topological polar surface area (TPSA) is 27.1 Å². The van der Waals surface area contributed by atoms with Gasteiger partial charge in [-0.1, -0.05) is 6.92 Å². The lowest BCUT2D eigenvalue weighted by Crippen LogP contribution is -2.40. The largest absolute Gasteiger partial charge is 0.374 e.